The maximum absolute atomic E-state index is 3.42. The van der Waals surface area contributed by atoms with Crippen molar-refractivity contribution < 1.29 is 0 Å². The topological polar surface area (TPSA) is 18.5 Å². The van der Waals surface area contributed by atoms with E-state index < -0.39 is 0 Å². The molecule has 3 heteroatoms. The van der Waals surface area contributed by atoms with Crippen LogP contribution in [0.2, 0.25) is 0 Å². The van der Waals surface area contributed by atoms with Gasteiger partial charge in [0.15, 0.2) is 0 Å². The van der Waals surface area contributed by atoms with Crippen LogP contribution in [-0.4, -0.2) is 61.7 Å². The summed E-state index contributed by atoms with van der Waals surface area (Å²) in [4.78, 5) is 5.21. The summed E-state index contributed by atoms with van der Waals surface area (Å²) in [6.07, 6.45) is 5.50. The number of piperazine rings is 1. The van der Waals surface area contributed by atoms with Gasteiger partial charge in [-0.2, -0.15) is 0 Å². The molecule has 0 bridgehead atoms. The van der Waals surface area contributed by atoms with Crippen molar-refractivity contribution in [1.29, 1.82) is 0 Å². The molecule has 0 spiro atoms. The molecular formula is C13H27N3. The van der Waals surface area contributed by atoms with Crippen molar-refractivity contribution >= 4 is 0 Å². The highest BCUT2D eigenvalue weighted by Crippen LogP contribution is 2.25. The summed E-state index contributed by atoms with van der Waals surface area (Å²) in [6, 6.07) is 2.38. The zero-order chi connectivity index (χ0) is 11.5. The molecule has 2 fully saturated rings. The van der Waals surface area contributed by atoms with Gasteiger partial charge < -0.3 is 10.2 Å². The Bertz CT molecular complexity index is 211. The molecule has 0 aromatic carbocycles. The molecule has 1 aliphatic carbocycles. The van der Waals surface area contributed by atoms with Gasteiger partial charge in [-0.3, -0.25) is 4.90 Å². The first-order chi connectivity index (χ1) is 7.70. The summed E-state index contributed by atoms with van der Waals surface area (Å²) in [5.74, 6) is 0. The van der Waals surface area contributed by atoms with Crippen LogP contribution in [-0.2, 0) is 0 Å². The van der Waals surface area contributed by atoms with Gasteiger partial charge in [0.1, 0.15) is 0 Å². The van der Waals surface area contributed by atoms with E-state index in [1.807, 2.05) is 0 Å². The Hall–Kier alpha value is -0.120. The lowest BCUT2D eigenvalue weighted by molar-refractivity contribution is 0.0421. The third kappa shape index (κ3) is 2.76. The van der Waals surface area contributed by atoms with Crippen LogP contribution < -0.4 is 5.32 Å². The molecule has 1 saturated carbocycles. The summed E-state index contributed by atoms with van der Waals surface area (Å²) >= 11 is 0. The minimum absolute atomic E-state index is 0.745. The summed E-state index contributed by atoms with van der Waals surface area (Å²) in [5, 5.41) is 3.42. The molecule has 1 unspecified atom stereocenters. The molecule has 2 aliphatic rings. The molecule has 1 aliphatic heterocycles. The van der Waals surface area contributed by atoms with E-state index in [9.17, 15) is 0 Å². The summed E-state index contributed by atoms with van der Waals surface area (Å²) in [6.45, 7) is 6.15. The van der Waals surface area contributed by atoms with Crippen molar-refractivity contribution in [3.05, 3.63) is 0 Å². The van der Waals surface area contributed by atoms with Crippen LogP contribution in [0.4, 0.5) is 0 Å². The summed E-state index contributed by atoms with van der Waals surface area (Å²) < 4.78 is 0. The molecule has 0 radical (unpaired) electrons. The molecule has 1 atom stereocenters. The second-order valence-electron chi connectivity index (χ2n) is 5.64. The van der Waals surface area contributed by atoms with Crippen molar-refractivity contribution in [2.24, 2.45) is 0 Å². The van der Waals surface area contributed by atoms with Crippen molar-refractivity contribution in [2.75, 3.05) is 33.7 Å². The summed E-state index contributed by atoms with van der Waals surface area (Å²) in [7, 11) is 4.34. The maximum Gasteiger partial charge on any atom is 0.0198 e. The predicted molar refractivity (Wildman–Crippen MR) is 68.8 cm³/mol. The number of nitrogens with one attached hydrogen (secondary N) is 1. The maximum atomic E-state index is 3.42. The lowest BCUT2D eigenvalue weighted by Crippen LogP contribution is -2.55. The Morgan fingerprint density at radius 2 is 1.75 bits per heavy atom. The molecule has 3 nitrogen and oxygen atoms in total. The van der Waals surface area contributed by atoms with Gasteiger partial charge in [-0.1, -0.05) is 0 Å². The molecule has 1 heterocycles. The first-order valence-electron chi connectivity index (χ1n) is 6.82. The molecular weight excluding hydrogens is 198 g/mol. The van der Waals surface area contributed by atoms with Crippen LogP contribution in [0.25, 0.3) is 0 Å². The van der Waals surface area contributed by atoms with Crippen LogP contribution >= 0.6 is 0 Å². The third-order valence-corrected chi connectivity index (χ3v) is 4.46. The minimum Gasteiger partial charge on any atom is -0.317 e. The second kappa shape index (κ2) is 5.48. The molecule has 1 N–H and O–H groups in total. The zero-order valence-corrected chi connectivity index (χ0v) is 11.1. The Kier molecular flexibility index (Phi) is 4.22. The number of rotatable bonds is 2. The molecule has 0 aromatic rings. The quantitative estimate of drug-likeness (QED) is 0.760. The first-order valence-corrected chi connectivity index (χ1v) is 6.82. The van der Waals surface area contributed by atoms with Crippen LogP contribution in [0, 0.1) is 0 Å². The normalized spacial score (nSPS) is 38.8. The molecule has 16 heavy (non-hydrogen) atoms. The predicted octanol–water partition coefficient (Wildman–Crippen LogP) is 1.15. The Morgan fingerprint density at radius 3 is 2.31 bits per heavy atom. The summed E-state index contributed by atoms with van der Waals surface area (Å²) in [5.41, 5.74) is 0. The second-order valence-corrected chi connectivity index (χ2v) is 5.64. The highest BCUT2D eigenvalue weighted by atomic mass is 15.3. The van der Waals surface area contributed by atoms with E-state index >= 15 is 0 Å². The lowest BCUT2D eigenvalue weighted by Gasteiger charge is -2.45. The first kappa shape index (κ1) is 12.3. The van der Waals surface area contributed by atoms with Crippen molar-refractivity contribution in [2.45, 2.75) is 50.7 Å². The van der Waals surface area contributed by atoms with E-state index in [0.717, 1.165) is 18.1 Å². The molecule has 2 rings (SSSR count). The van der Waals surface area contributed by atoms with E-state index in [1.54, 1.807) is 0 Å². The SMILES string of the molecule is CNC1CCC(N2CCN(C)CC2C)CC1. The lowest BCUT2D eigenvalue weighted by atomic mass is 9.89. The standard InChI is InChI=1S/C13H27N3/c1-11-10-15(3)8-9-16(11)13-6-4-12(14-2)5-7-13/h11-14H,4-10H2,1-3H3. The van der Waals surface area contributed by atoms with Gasteiger partial charge >= 0.3 is 0 Å². The average molecular weight is 225 g/mol. The monoisotopic (exact) mass is 225 g/mol. The van der Waals surface area contributed by atoms with Gasteiger partial charge in [0.05, 0.1) is 0 Å². The average Bonchev–Trinajstić information content (AvgIpc) is 2.29. The fourth-order valence-electron chi connectivity index (χ4n) is 3.39. The molecule has 0 aromatic heterocycles. The number of likely N-dealkylation sites (N-methyl/N-ethyl adjacent to an activating group) is 1. The number of hydrogen-bond donors (Lipinski definition) is 1. The Morgan fingerprint density at radius 1 is 1.06 bits per heavy atom. The van der Waals surface area contributed by atoms with E-state index in [-0.39, 0.29) is 0 Å². The van der Waals surface area contributed by atoms with Crippen molar-refractivity contribution in [3.8, 4) is 0 Å². The fourth-order valence-corrected chi connectivity index (χ4v) is 3.39. The Balaban J connectivity index is 1.84. The largest absolute Gasteiger partial charge is 0.317 e. The van der Waals surface area contributed by atoms with Crippen LogP contribution in [0.5, 0.6) is 0 Å². The van der Waals surface area contributed by atoms with E-state index in [1.165, 1.54) is 45.3 Å². The van der Waals surface area contributed by atoms with Gasteiger partial charge in [-0.05, 0) is 46.7 Å². The van der Waals surface area contributed by atoms with Gasteiger partial charge in [0.2, 0.25) is 0 Å². The van der Waals surface area contributed by atoms with E-state index in [0.29, 0.717) is 0 Å². The van der Waals surface area contributed by atoms with Gasteiger partial charge in [-0.25, -0.2) is 0 Å². The highest BCUT2D eigenvalue weighted by Gasteiger charge is 2.30. The highest BCUT2D eigenvalue weighted by molar-refractivity contribution is 4.87. The zero-order valence-electron chi connectivity index (χ0n) is 11.1. The van der Waals surface area contributed by atoms with Gasteiger partial charge in [0, 0.05) is 37.8 Å². The Labute approximate surface area is 100 Å². The van der Waals surface area contributed by atoms with Crippen LogP contribution in [0.3, 0.4) is 0 Å². The number of nitrogens with zero attached hydrogens (tertiary/aromatic N) is 2. The van der Waals surface area contributed by atoms with E-state index in [4.69, 9.17) is 0 Å². The molecule has 0 amide bonds. The van der Waals surface area contributed by atoms with Crippen LogP contribution in [0.1, 0.15) is 32.6 Å². The van der Waals surface area contributed by atoms with Gasteiger partial charge in [0.25, 0.3) is 0 Å². The van der Waals surface area contributed by atoms with Crippen molar-refractivity contribution in [3.63, 3.8) is 0 Å². The van der Waals surface area contributed by atoms with Crippen LogP contribution in [0.15, 0.2) is 0 Å². The van der Waals surface area contributed by atoms with Gasteiger partial charge in [-0.15, -0.1) is 0 Å². The minimum atomic E-state index is 0.745. The van der Waals surface area contributed by atoms with Crippen molar-refractivity contribution in [1.82, 2.24) is 15.1 Å². The molecule has 1 saturated heterocycles. The molecule has 94 valence electrons. The smallest absolute Gasteiger partial charge is 0.0198 e. The van der Waals surface area contributed by atoms with E-state index in [2.05, 4.69) is 36.1 Å². The number of hydrogen-bond acceptors (Lipinski definition) is 3. The third-order valence-electron chi connectivity index (χ3n) is 4.46. The fraction of sp³-hybridized carbons (Fsp3) is 1.00.